The summed E-state index contributed by atoms with van der Waals surface area (Å²) in [5.74, 6) is 1.12. The van der Waals surface area contributed by atoms with Gasteiger partial charge in [-0.15, -0.1) is 0 Å². The highest BCUT2D eigenvalue weighted by molar-refractivity contribution is 5.94. The second kappa shape index (κ2) is 6.95. The number of nitrogens with zero attached hydrogens (tertiary/aromatic N) is 1. The van der Waals surface area contributed by atoms with E-state index in [1.54, 1.807) is 18.2 Å². The van der Waals surface area contributed by atoms with Gasteiger partial charge in [0.25, 0.3) is 5.91 Å². The predicted molar refractivity (Wildman–Crippen MR) is 95.4 cm³/mol. The number of amides is 2. The molecule has 0 bridgehead atoms. The quantitative estimate of drug-likeness (QED) is 0.866. The van der Waals surface area contributed by atoms with Gasteiger partial charge < -0.3 is 25.0 Å². The number of hydrogen-bond donors (Lipinski definition) is 2. The van der Waals surface area contributed by atoms with E-state index in [1.807, 2.05) is 29.2 Å². The molecule has 7 nitrogen and oxygen atoms in total. The van der Waals surface area contributed by atoms with Crippen molar-refractivity contribution in [3.63, 3.8) is 0 Å². The molecule has 2 aromatic carbocycles. The fraction of sp³-hybridized carbons (Fsp3) is 0.263. The van der Waals surface area contributed by atoms with Crippen LogP contribution in [-0.4, -0.2) is 38.2 Å². The van der Waals surface area contributed by atoms with Gasteiger partial charge in [0.2, 0.25) is 12.7 Å². The van der Waals surface area contributed by atoms with E-state index in [4.69, 9.17) is 9.47 Å². The van der Waals surface area contributed by atoms with Crippen molar-refractivity contribution >= 4 is 17.5 Å². The number of rotatable bonds is 4. The molecular weight excluding hydrogens is 334 g/mol. The molecule has 2 heterocycles. The van der Waals surface area contributed by atoms with Crippen molar-refractivity contribution in [2.75, 3.05) is 31.3 Å². The first-order valence-electron chi connectivity index (χ1n) is 8.47. The molecule has 2 amide bonds. The number of carbonyl (C=O) groups is 2. The van der Waals surface area contributed by atoms with E-state index in [0.717, 1.165) is 17.8 Å². The zero-order chi connectivity index (χ0) is 17.9. The molecule has 2 aliphatic heterocycles. The van der Waals surface area contributed by atoms with Gasteiger partial charge >= 0.3 is 0 Å². The molecule has 134 valence electrons. The van der Waals surface area contributed by atoms with Gasteiger partial charge in [-0.2, -0.15) is 0 Å². The van der Waals surface area contributed by atoms with Crippen LogP contribution in [0.2, 0.25) is 0 Å². The molecule has 26 heavy (non-hydrogen) atoms. The van der Waals surface area contributed by atoms with E-state index < -0.39 is 0 Å². The molecule has 0 atom stereocenters. The highest BCUT2D eigenvalue weighted by Gasteiger charge is 2.17. The lowest BCUT2D eigenvalue weighted by Crippen LogP contribution is -2.47. The highest BCUT2D eigenvalue weighted by atomic mass is 16.7. The smallest absolute Gasteiger partial charge is 0.251 e. The van der Waals surface area contributed by atoms with Gasteiger partial charge in [0.15, 0.2) is 11.5 Å². The van der Waals surface area contributed by atoms with E-state index in [9.17, 15) is 9.59 Å². The van der Waals surface area contributed by atoms with Crippen LogP contribution >= 0.6 is 0 Å². The second-order valence-corrected chi connectivity index (χ2v) is 6.19. The minimum atomic E-state index is -0.167. The standard InChI is InChI=1S/C19H19N3O4/c23-18-11-22(8-7-20-18)15-4-1-13(2-5-15)10-21-19(24)14-3-6-16-17(9-14)26-12-25-16/h1-6,9H,7-8,10-12H2,(H,20,23)(H,21,24). The van der Waals surface area contributed by atoms with Gasteiger partial charge in [-0.1, -0.05) is 12.1 Å². The van der Waals surface area contributed by atoms with Crippen molar-refractivity contribution in [2.24, 2.45) is 0 Å². The lowest BCUT2D eigenvalue weighted by molar-refractivity contribution is -0.120. The molecular formula is C19H19N3O4. The minimum absolute atomic E-state index is 0.0383. The summed E-state index contributed by atoms with van der Waals surface area (Å²) in [5.41, 5.74) is 2.53. The number of nitrogens with one attached hydrogen (secondary N) is 2. The topological polar surface area (TPSA) is 79.9 Å². The van der Waals surface area contributed by atoms with Crippen LogP contribution in [0.4, 0.5) is 5.69 Å². The van der Waals surface area contributed by atoms with E-state index in [2.05, 4.69) is 10.6 Å². The van der Waals surface area contributed by atoms with E-state index in [1.165, 1.54) is 0 Å². The number of fused-ring (bicyclic) bond motifs is 1. The minimum Gasteiger partial charge on any atom is -0.454 e. The Labute approximate surface area is 150 Å². The SMILES string of the molecule is O=C1CN(c2ccc(CNC(=O)c3ccc4c(c3)OCO4)cc2)CCN1. The Kier molecular flexibility index (Phi) is 4.35. The van der Waals surface area contributed by atoms with Crippen LogP contribution in [0.1, 0.15) is 15.9 Å². The Hall–Kier alpha value is -3.22. The summed E-state index contributed by atoms with van der Waals surface area (Å²) >= 11 is 0. The molecule has 4 rings (SSSR count). The maximum absolute atomic E-state index is 12.3. The molecule has 0 aliphatic carbocycles. The van der Waals surface area contributed by atoms with Crippen molar-refractivity contribution < 1.29 is 19.1 Å². The van der Waals surface area contributed by atoms with Gasteiger partial charge in [-0.3, -0.25) is 9.59 Å². The molecule has 0 spiro atoms. The zero-order valence-electron chi connectivity index (χ0n) is 14.2. The fourth-order valence-corrected chi connectivity index (χ4v) is 3.01. The summed E-state index contributed by atoms with van der Waals surface area (Å²) in [7, 11) is 0. The maximum atomic E-state index is 12.3. The number of ether oxygens (including phenoxy) is 2. The summed E-state index contributed by atoms with van der Waals surface area (Å²) in [5, 5.41) is 5.71. The largest absolute Gasteiger partial charge is 0.454 e. The molecule has 0 saturated carbocycles. The summed E-state index contributed by atoms with van der Waals surface area (Å²) in [4.78, 5) is 25.8. The normalized spacial score (nSPS) is 15.5. The molecule has 7 heteroatoms. The number of anilines is 1. The van der Waals surface area contributed by atoms with Gasteiger partial charge in [-0.25, -0.2) is 0 Å². The van der Waals surface area contributed by atoms with Crippen LogP contribution < -0.4 is 25.0 Å². The molecule has 2 N–H and O–H groups in total. The lowest BCUT2D eigenvalue weighted by atomic mass is 10.1. The first kappa shape index (κ1) is 16.3. The summed E-state index contributed by atoms with van der Waals surface area (Å²) in [6.07, 6.45) is 0. The summed E-state index contributed by atoms with van der Waals surface area (Å²) < 4.78 is 10.5. The lowest BCUT2D eigenvalue weighted by Gasteiger charge is -2.28. The third kappa shape index (κ3) is 3.42. The molecule has 1 fully saturated rings. The third-order valence-corrected chi connectivity index (χ3v) is 4.43. The van der Waals surface area contributed by atoms with Crippen LogP contribution in [0.3, 0.4) is 0 Å². The van der Waals surface area contributed by atoms with Gasteiger partial charge in [0.05, 0.1) is 6.54 Å². The Morgan fingerprint density at radius 3 is 2.73 bits per heavy atom. The average molecular weight is 353 g/mol. The van der Waals surface area contributed by atoms with Gasteiger partial charge in [0, 0.05) is 30.9 Å². The molecule has 0 unspecified atom stereocenters. The Morgan fingerprint density at radius 1 is 1.12 bits per heavy atom. The Morgan fingerprint density at radius 2 is 1.92 bits per heavy atom. The molecule has 2 aromatic rings. The molecule has 2 aliphatic rings. The Bertz CT molecular complexity index is 835. The molecule has 0 aromatic heterocycles. The number of piperazine rings is 1. The molecule has 1 saturated heterocycles. The van der Waals surface area contributed by atoms with Gasteiger partial charge in [-0.05, 0) is 35.9 Å². The maximum Gasteiger partial charge on any atom is 0.251 e. The van der Waals surface area contributed by atoms with Crippen molar-refractivity contribution in [1.82, 2.24) is 10.6 Å². The fourth-order valence-electron chi connectivity index (χ4n) is 3.01. The predicted octanol–water partition coefficient (Wildman–Crippen LogP) is 1.28. The zero-order valence-corrected chi connectivity index (χ0v) is 14.2. The number of hydrogen-bond acceptors (Lipinski definition) is 5. The van der Waals surface area contributed by atoms with Crippen molar-refractivity contribution in [2.45, 2.75) is 6.54 Å². The van der Waals surface area contributed by atoms with Crippen LogP contribution in [0.5, 0.6) is 11.5 Å². The van der Waals surface area contributed by atoms with E-state index >= 15 is 0 Å². The van der Waals surface area contributed by atoms with Crippen molar-refractivity contribution in [1.29, 1.82) is 0 Å². The van der Waals surface area contributed by atoms with Gasteiger partial charge in [0.1, 0.15) is 0 Å². The first-order chi connectivity index (χ1) is 12.7. The summed E-state index contributed by atoms with van der Waals surface area (Å²) in [6, 6.07) is 13.0. The van der Waals surface area contributed by atoms with Crippen LogP contribution in [0, 0.1) is 0 Å². The van der Waals surface area contributed by atoms with Crippen LogP contribution in [0.25, 0.3) is 0 Å². The molecule has 0 radical (unpaired) electrons. The number of carbonyl (C=O) groups excluding carboxylic acids is 2. The van der Waals surface area contributed by atoms with E-state index in [0.29, 0.717) is 36.7 Å². The Balaban J connectivity index is 1.35. The highest BCUT2D eigenvalue weighted by Crippen LogP contribution is 2.32. The first-order valence-corrected chi connectivity index (χ1v) is 8.47. The summed E-state index contributed by atoms with van der Waals surface area (Å²) in [6.45, 7) is 2.44. The van der Waals surface area contributed by atoms with E-state index in [-0.39, 0.29) is 18.6 Å². The number of benzene rings is 2. The van der Waals surface area contributed by atoms with Crippen LogP contribution in [-0.2, 0) is 11.3 Å². The second-order valence-electron chi connectivity index (χ2n) is 6.19. The average Bonchev–Trinajstić information content (AvgIpc) is 3.14. The monoisotopic (exact) mass is 353 g/mol. The van der Waals surface area contributed by atoms with Crippen LogP contribution in [0.15, 0.2) is 42.5 Å². The van der Waals surface area contributed by atoms with Crippen molar-refractivity contribution in [3.8, 4) is 11.5 Å². The van der Waals surface area contributed by atoms with Crippen molar-refractivity contribution in [3.05, 3.63) is 53.6 Å². The third-order valence-electron chi connectivity index (χ3n) is 4.43.